The minimum atomic E-state index is -0.616. The minimum absolute atomic E-state index is 0. The molecule has 0 radical (unpaired) electrons. The average molecular weight is 562 g/mol. The smallest absolute Gasteiger partial charge is 0.323 e. The van der Waals surface area contributed by atoms with Gasteiger partial charge in [0.1, 0.15) is 11.9 Å². The number of hydrogen-bond acceptors (Lipinski definition) is 7. The third kappa shape index (κ3) is 7.32. The molecule has 36 heavy (non-hydrogen) atoms. The Kier molecular flexibility index (Phi) is 11.9. The van der Waals surface area contributed by atoms with Crippen LogP contribution >= 0.6 is 36.6 Å². The first-order valence-electron chi connectivity index (χ1n) is 12.1. The van der Waals surface area contributed by atoms with E-state index in [-0.39, 0.29) is 64.7 Å². The van der Waals surface area contributed by atoms with Crippen LogP contribution in [-0.4, -0.2) is 71.2 Å². The molecule has 0 bridgehead atoms. The molecule has 200 valence electrons. The number of ether oxygens (including phenoxy) is 1. The maximum absolute atomic E-state index is 14.8. The Morgan fingerprint density at radius 3 is 2.50 bits per heavy atom. The lowest BCUT2D eigenvalue weighted by atomic mass is 9.93. The number of piperidine rings is 1. The summed E-state index contributed by atoms with van der Waals surface area (Å²) < 4.78 is 19.8. The van der Waals surface area contributed by atoms with Crippen molar-refractivity contribution in [3.8, 4) is 0 Å². The van der Waals surface area contributed by atoms with Crippen molar-refractivity contribution >= 4 is 53.4 Å². The quantitative estimate of drug-likeness (QED) is 0.339. The predicted molar refractivity (Wildman–Crippen MR) is 144 cm³/mol. The highest BCUT2D eigenvalue weighted by atomic mass is 35.5. The van der Waals surface area contributed by atoms with E-state index in [9.17, 15) is 18.8 Å². The van der Waals surface area contributed by atoms with E-state index in [0.717, 1.165) is 37.8 Å². The zero-order valence-corrected chi connectivity index (χ0v) is 23.1. The Labute approximate surface area is 229 Å². The summed E-state index contributed by atoms with van der Waals surface area (Å²) in [5, 5.41) is 0.0721. The summed E-state index contributed by atoms with van der Waals surface area (Å²) in [5.74, 6) is -0.477. The van der Waals surface area contributed by atoms with E-state index in [1.165, 1.54) is 24.9 Å². The van der Waals surface area contributed by atoms with Gasteiger partial charge in [0.15, 0.2) is 10.9 Å². The third-order valence-electron chi connectivity index (χ3n) is 7.03. The number of nitrogens with zero attached hydrogens (tertiary/aromatic N) is 2. The van der Waals surface area contributed by atoms with E-state index in [0.29, 0.717) is 31.6 Å². The van der Waals surface area contributed by atoms with Crippen LogP contribution in [0.5, 0.6) is 0 Å². The normalized spacial score (nSPS) is 24.5. The highest BCUT2D eigenvalue weighted by Gasteiger charge is 2.41. The Balaban J connectivity index is 0.00000228. The molecule has 6 nitrogen and oxygen atoms in total. The molecule has 1 saturated carbocycles. The summed E-state index contributed by atoms with van der Waals surface area (Å²) in [4.78, 5) is 41.6. The van der Waals surface area contributed by atoms with Gasteiger partial charge in [-0.05, 0) is 50.3 Å². The number of carbonyl (C=O) groups is 3. The van der Waals surface area contributed by atoms with Crippen molar-refractivity contribution in [3.05, 3.63) is 47.3 Å². The number of Topliss-reactive ketones (excluding diaryl/α,β-unsaturated/α-hetero) is 1. The summed E-state index contributed by atoms with van der Waals surface area (Å²) in [5.41, 5.74) is 1.49. The van der Waals surface area contributed by atoms with Crippen LogP contribution in [-0.2, 0) is 19.1 Å². The number of benzene rings is 1. The minimum Gasteiger partial charge on any atom is -0.468 e. The first-order chi connectivity index (χ1) is 16.4. The molecule has 4 rings (SSSR count). The van der Waals surface area contributed by atoms with Crippen molar-refractivity contribution in [2.45, 2.75) is 56.4 Å². The molecule has 0 amide bonds. The van der Waals surface area contributed by atoms with Crippen molar-refractivity contribution in [3.63, 3.8) is 0 Å². The summed E-state index contributed by atoms with van der Waals surface area (Å²) in [7, 11) is 1.41. The Morgan fingerprint density at radius 2 is 1.86 bits per heavy atom. The molecule has 3 fully saturated rings. The molecule has 0 spiro atoms. The summed E-state index contributed by atoms with van der Waals surface area (Å²) in [6.07, 6.45) is 6.26. The van der Waals surface area contributed by atoms with E-state index in [1.807, 2.05) is 0 Å². The van der Waals surface area contributed by atoms with E-state index >= 15 is 0 Å². The van der Waals surface area contributed by atoms with Gasteiger partial charge in [-0.3, -0.25) is 24.2 Å². The molecule has 1 aliphatic carbocycles. The molecule has 1 aromatic rings. The molecular formula is C26H35Cl2FN2O4S. The number of halogens is 3. The number of esters is 1. The number of carbonyl (C=O) groups excluding carboxylic acids is 3. The van der Waals surface area contributed by atoms with Crippen LogP contribution < -0.4 is 0 Å². The highest BCUT2D eigenvalue weighted by molar-refractivity contribution is 8.14. The molecule has 2 aliphatic heterocycles. The Bertz CT molecular complexity index is 975. The van der Waals surface area contributed by atoms with E-state index < -0.39 is 6.04 Å². The lowest BCUT2D eigenvalue weighted by Gasteiger charge is -2.39. The van der Waals surface area contributed by atoms with Gasteiger partial charge in [-0.1, -0.05) is 36.0 Å². The van der Waals surface area contributed by atoms with Gasteiger partial charge in [-0.15, -0.1) is 24.8 Å². The molecule has 2 unspecified atom stereocenters. The molecule has 1 aromatic carbocycles. The fourth-order valence-electron chi connectivity index (χ4n) is 5.14. The molecular weight excluding hydrogens is 526 g/mol. The number of rotatable bonds is 8. The van der Waals surface area contributed by atoms with Crippen molar-refractivity contribution < 1.29 is 23.5 Å². The standard InChI is InChI=1S/C26H33FN2O4S.2ClH/c1-17(30)34-23-12-15-29(16-19(23)11-14-28-13-5-8-22(28)26(32)33-2)24(25(31)18-9-10-18)20-6-3-4-7-21(20)27;;/h3-4,6-7,11,18,22-24H,5,8-10,12-16H2,1-2H3;2*1H/b19-11+;;/t22-,23?,24?;;/m0../s1. The van der Waals surface area contributed by atoms with E-state index in [2.05, 4.69) is 15.9 Å². The van der Waals surface area contributed by atoms with Gasteiger partial charge >= 0.3 is 5.97 Å². The molecule has 0 N–H and O–H groups in total. The van der Waals surface area contributed by atoms with Crippen molar-refractivity contribution in [1.82, 2.24) is 9.80 Å². The number of ketones is 1. The van der Waals surface area contributed by atoms with Crippen LogP contribution in [0.1, 0.15) is 50.6 Å². The molecule has 2 heterocycles. The van der Waals surface area contributed by atoms with Crippen LogP contribution in [0.2, 0.25) is 0 Å². The van der Waals surface area contributed by atoms with E-state index in [4.69, 9.17) is 4.74 Å². The van der Waals surface area contributed by atoms with Crippen molar-refractivity contribution in [2.75, 3.05) is 33.3 Å². The average Bonchev–Trinajstić information content (AvgIpc) is 3.57. The van der Waals surface area contributed by atoms with Gasteiger partial charge in [-0.2, -0.15) is 0 Å². The van der Waals surface area contributed by atoms with Gasteiger partial charge in [-0.25, -0.2) is 4.39 Å². The van der Waals surface area contributed by atoms with Crippen LogP contribution in [0.3, 0.4) is 0 Å². The van der Waals surface area contributed by atoms with Gasteiger partial charge in [0, 0.05) is 43.3 Å². The van der Waals surface area contributed by atoms with Gasteiger partial charge < -0.3 is 4.74 Å². The molecule has 10 heteroatoms. The van der Waals surface area contributed by atoms with E-state index in [1.54, 1.807) is 25.1 Å². The topological polar surface area (TPSA) is 66.9 Å². The van der Waals surface area contributed by atoms with Crippen LogP contribution in [0.15, 0.2) is 35.9 Å². The molecule has 3 atom stereocenters. The Morgan fingerprint density at radius 1 is 1.14 bits per heavy atom. The van der Waals surface area contributed by atoms with Gasteiger partial charge in [0.2, 0.25) is 0 Å². The Hall–Kier alpha value is -1.45. The van der Waals surface area contributed by atoms with Gasteiger partial charge in [0.25, 0.3) is 0 Å². The first-order valence-corrected chi connectivity index (χ1v) is 13.0. The van der Waals surface area contributed by atoms with Crippen LogP contribution in [0.25, 0.3) is 0 Å². The summed E-state index contributed by atoms with van der Waals surface area (Å²) in [6, 6.07) is 5.69. The second kappa shape index (κ2) is 13.9. The number of hydrogen-bond donors (Lipinski definition) is 0. The number of thioether (sulfide) groups is 1. The van der Waals surface area contributed by atoms with Crippen molar-refractivity contribution in [2.24, 2.45) is 5.92 Å². The molecule has 0 aromatic heterocycles. The first kappa shape index (κ1) is 30.8. The third-order valence-corrected chi connectivity index (χ3v) is 8.18. The second-order valence-corrected chi connectivity index (χ2v) is 10.8. The van der Waals surface area contributed by atoms with Crippen LogP contribution in [0, 0.1) is 11.7 Å². The zero-order valence-electron chi connectivity index (χ0n) is 20.7. The van der Waals surface area contributed by atoms with Crippen LogP contribution in [0.4, 0.5) is 4.39 Å². The monoisotopic (exact) mass is 560 g/mol. The molecule has 3 aliphatic rings. The zero-order chi connectivity index (χ0) is 24.2. The lowest BCUT2D eigenvalue weighted by molar-refractivity contribution is -0.145. The fourth-order valence-corrected chi connectivity index (χ4v) is 6.08. The maximum atomic E-state index is 14.8. The fraction of sp³-hybridized carbons (Fsp3) is 0.577. The largest absolute Gasteiger partial charge is 0.468 e. The van der Waals surface area contributed by atoms with Gasteiger partial charge in [0.05, 0.1) is 13.2 Å². The molecule has 2 saturated heterocycles. The number of methoxy groups -OCH3 is 1. The highest BCUT2D eigenvalue weighted by Crippen LogP contribution is 2.40. The maximum Gasteiger partial charge on any atom is 0.323 e. The summed E-state index contributed by atoms with van der Waals surface area (Å²) >= 11 is 1.31. The lowest BCUT2D eigenvalue weighted by Crippen LogP contribution is -2.43. The predicted octanol–water partition coefficient (Wildman–Crippen LogP) is 4.61. The SMILES string of the molecule is COC(=O)[C@@H]1CCCN1C/C=C1\CN(C(C(=O)C2CC2)c2ccccc2F)CCC1SC(C)=O.Cl.Cl. The number of likely N-dealkylation sites (tertiary alicyclic amines) is 2. The van der Waals surface area contributed by atoms with Crippen molar-refractivity contribution in [1.29, 1.82) is 0 Å². The summed E-state index contributed by atoms with van der Waals surface area (Å²) in [6.45, 7) is 4.09. The second-order valence-electron chi connectivity index (χ2n) is 9.41.